The number of nitrogens with zero attached hydrogens (tertiary/aromatic N) is 2. The van der Waals surface area contributed by atoms with Crippen molar-refractivity contribution in [2.45, 2.75) is 19.4 Å². The molecule has 0 aliphatic carbocycles. The van der Waals surface area contributed by atoms with Crippen molar-refractivity contribution in [3.63, 3.8) is 0 Å². The van der Waals surface area contributed by atoms with Crippen molar-refractivity contribution in [3.05, 3.63) is 24.0 Å². The first-order chi connectivity index (χ1) is 6.70. The largest absolute Gasteiger partial charge is 0.323 e. The third-order valence-corrected chi connectivity index (χ3v) is 2.50. The summed E-state index contributed by atoms with van der Waals surface area (Å²) in [4.78, 5) is 17.3. The third-order valence-electron chi connectivity index (χ3n) is 2.50. The molecule has 0 saturated carbocycles. The SMILES string of the molecule is CC(=O)N1CCC(N)c2ncccc21. The molecule has 1 aromatic heterocycles. The van der Waals surface area contributed by atoms with Crippen molar-refractivity contribution >= 4 is 11.6 Å². The first-order valence-corrected chi connectivity index (χ1v) is 4.68. The van der Waals surface area contributed by atoms with Gasteiger partial charge in [-0.15, -0.1) is 0 Å². The Balaban J connectivity index is 2.46. The molecule has 1 unspecified atom stereocenters. The van der Waals surface area contributed by atoms with Crippen LogP contribution in [0.4, 0.5) is 5.69 Å². The zero-order chi connectivity index (χ0) is 10.1. The number of aromatic nitrogens is 1. The van der Waals surface area contributed by atoms with Gasteiger partial charge in [0.05, 0.1) is 17.4 Å². The Hall–Kier alpha value is -1.42. The highest BCUT2D eigenvalue weighted by atomic mass is 16.2. The van der Waals surface area contributed by atoms with Gasteiger partial charge in [-0.1, -0.05) is 0 Å². The molecule has 0 spiro atoms. The van der Waals surface area contributed by atoms with Gasteiger partial charge < -0.3 is 10.6 Å². The van der Waals surface area contributed by atoms with Crippen LogP contribution in [0.15, 0.2) is 18.3 Å². The Morgan fingerprint density at radius 2 is 2.50 bits per heavy atom. The molecular weight excluding hydrogens is 178 g/mol. The summed E-state index contributed by atoms with van der Waals surface area (Å²) in [5.74, 6) is 0.0474. The number of amides is 1. The number of carbonyl (C=O) groups is 1. The van der Waals surface area contributed by atoms with E-state index in [9.17, 15) is 4.79 Å². The fourth-order valence-corrected chi connectivity index (χ4v) is 1.78. The minimum atomic E-state index is -0.0400. The summed E-state index contributed by atoms with van der Waals surface area (Å²) in [5.41, 5.74) is 7.60. The van der Waals surface area contributed by atoms with Crippen LogP contribution in [0.2, 0.25) is 0 Å². The molecule has 1 atom stereocenters. The fraction of sp³-hybridized carbons (Fsp3) is 0.400. The van der Waals surface area contributed by atoms with Crippen LogP contribution in [-0.4, -0.2) is 17.4 Å². The quantitative estimate of drug-likeness (QED) is 0.661. The van der Waals surface area contributed by atoms with Gasteiger partial charge in [-0.2, -0.15) is 0 Å². The highest BCUT2D eigenvalue weighted by Crippen LogP contribution is 2.29. The summed E-state index contributed by atoms with van der Waals surface area (Å²) in [7, 11) is 0. The summed E-state index contributed by atoms with van der Waals surface area (Å²) in [5, 5.41) is 0. The average molecular weight is 191 g/mol. The number of fused-ring (bicyclic) bond motifs is 1. The number of hydrogen-bond acceptors (Lipinski definition) is 3. The van der Waals surface area contributed by atoms with Crippen molar-refractivity contribution in [2.24, 2.45) is 5.73 Å². The lowest BCUT2D eigenvalue weighted by atomic mass is 10.0. The number of anilines is 1. The van der Waals surface area contributed by atoms with Crippen LogP contribution in [0.25, 0.3) is 0 Å². The summed E-state index contributed by atoms with van der Waals surface area (Å²) in [6.45, 7) is 2.25. The molecule has 1 aromatic rings. The molecule has 1 aliphatic rings. The minimum Gasteiger partial charge on any atom is -0.323 e. The Kier molecular flexibility index (Phi) is 2.21. The topological polar surface area (TPSA) is 59.2 Å². The number of carbonyl (C=O) groups excluding carboxylic acids is 1. The minimum absolute atomic E-state index is 0.0400. The number of nitrogens with two attached hydrogens (primary N) is 1. The smallest absolute Gasteiger partial charge is 0.223 e. The van der Waals surface area contributed by atoms with E-state index in [2.05, 4.69) is 4.98 Å². The number of rotatable bonds is 0. The van der Waals surface area contributed by atoms with Crippen molar-refractivity contribution in [2.75, 3.05) is 11.4 Å². The van der Waals surface area contributed by atoms with E-state index in [4.69, 9.17) is 5.73 Å². The Labute approximate surface area is 82.7 Å². The highest BCUT2D eigenvalue weighted by molar-refractivity contribution is 5.92. The summed E-state index contributed by atoms with van der Waals surface area (Å²) >= 11 is 0. The molecular formula is C10H13N3O. The molecule has 1 aliphatic heterocycles. The lowest BCUT2D eigenvalue weighted by Gasteiger charge is -2.30. The van der Waals surface area contributed by atoms with Gasteiger partial charge >= 0.3 is 0 Å². The lowest BCUT2D eigenvalue weighted by molar-refractivity contribution is -0.116. The molecule has 0 fully saturated rings. The van der Waals surface area contributed by atoms with Gasteiger partial charge in [0.25, 0.3) is 0 Å². The van der Waals surface area contributed by atoms with Gasteiger partial charge in [-0.25, -0.2) is 0 Å². The van der Waals surface area contributed by atoms with Crippen molar-refractivity contribution in [1.82, 2.24) is 4.98 Å². The Morgan fingerprint density at radius 3 is 3.21 bits per heavy atom. The van der Waals surface area contributed by atoms with E-state index in [0.717, 1.165) is 17.8 Å². The van der Waals surface area contributed by atoms with Crippen molar-refractivity contribution in [1.29, 1.82) is 0 Å². The standard InChI is InChI=1S/C10H13N3O/c1-7(14)13-6-4-8(11)10-9(13)3-2-5-12-10/h2-3,5,8H,4,6,11H2,1H3. The van der Waals surface area contributed by atoms with Crippen molar-refractivity contribution < 1.29 is 4.79 Å². The van der Waals surface area contributed by atoms with Gasteiger partial charge in [0.2, 0.25) is 5.91 Å². The maximum Gasteiger partial charge on any atom is 0.223 e. The molecule has 1 amide bonds. The molecule has 14 heavy (non-hydrogen) atoms. The number of pyridine rings is 1. The molecule has 4 nitrogen and oxygen atoms in total. The second-order valence-corrected chi connectivity index (χ2v) is 3.47. The average Bonchev–Trinajstić information content (AvgIpc) is 2.18. The van der Waals surface area contributed by atoms with E-state index in [1.54, 1.807) is 18.0 Å². The predicted octanol–water partition coefficient (Wildman–Crippen LogP) is 0.838. The van der Waals surface area contributed by atoms with E-state index in [1.165, 1.54) is 0 Å². The van der Waals surface area contributed by atoms with Crippen LogP contribution < -0.4 is 10.6 Å². The maximum absolute atomic E-state index is 11.3. The molecule has 4 heteroatoms. The Morgan fingerprint density at radius 1 is 1.71 bits per heavy atom. The Bertz CT molecular complexity index is 364. The molecule has 0 aromatic carbocycles. The predicted molar refractivity (Wildman–Crippen MR) is 53.8 cm³/mol. The van der Waals surface area contributed by atoms with Crippen LogP contribution in [0.1, 0.15) is 25.1 Å². The summed E-state index contributed by atoms with van der Waals surface area (Å²) in [6.07, 6.45) is 2.49. The van der Waals surface area contributed by atoms with Gasteiger partial charge in [0, 0.05) is 19.7 Å². The van der Waals surface area contributed by atoms with Crippen LogP contribution in [0.3, 0.4) is 0 Å². The molecule has 2 heterocycles. The molecule has 0 saturated heterocycles. The summed E-state index contributed by atoms with van der Waals surface area (Å²) in [6, 6.07) is 3.68. The molecule has 74 valence electrons. The van der Waals surface area contributed by atoms with E-state index >= 15 is 0 Å². The van der Waals surface area contributed by atoms with E-state index in [-0.39, 0.29) is 11.9 Å². The van der Waals surface area contributed by atoms with Gasteiger partial charge in [0.1, 0.15) is 0 Å². The highest BCUT2D eigenvalue weighted by Gasteiger charge is 2.25. The van der Waals surface area contributed by atoms with Crippen LogP contribution in [-0.2, 0) is 4.79 Å². The van der Waals surface area contributed by atoms with Gasteiger partial charge in [-0.3, -0.25) is 9.78 Å². The zero-order valence-electron chi connectivity index (χ0n) is 8.10. The lowest BCUT2D eigenvalue weighted by Crippen LogP contribution is -2.37. The third kappa shape index (κ3) is 1.37. The molecule has 0 radical (unpaired) electrons. The van der Waals surface area contributed by atoms with E-state index in [0.29, 0.717) is 6.54 Å². The van der Waals surface area contributed by atoms with Gasteiger partial charge in [-0.05, 0) is 18.6 Å². The first kappa shape index (κ1) is 9.15. The molecule has 2 N–H and O–H groups in total. The zero-order valence-corrected chi connectivity index (χ0v) is 8.10. The normalized spacial score (nSPS) is 20.4. The van der Waals surface area contributed by atoms with Gasteiger partial charge in [0.15, 0.2) is 0 Å². The second kappa shape index (κ2) is 3.38. The van der Waals surface area contributed by atoms with Crippen LogP contribution >= 0.6 is 0 Å². The fourth-order valence-electron chi connectivity index (χ4n) is 1.78. The first-order valence-electron chi connectivity index (χ1n) is 4.68. The molecule has 2 rings (SSSR count). The second-order valence-electron chi connectivity index (χ2n) is 3.47. The summed E-state index contributed by atoms with van der Waals surface area (Å²) < 4.78 is 0. The van der Waals surface area contributed by atoms with E-state index < -0.39 is 0 Å². The van der Waals surface area contributed by atoms with Crippen molar-refractivity contribution in [3.8, 4) is 0 Å². The van der Waals surface area contributed by atoms with Crippen LogP contribution in [0, 0.1) is 0 Å². The monoisotopic (exact) mass is 191 g/mol. The number of hydrogen-bond donors (Lipinski definition) is 1. The molecule has 0 bridgehead atoms. The van der Waals surface area contributed by atoms with Crippen LogP contribution in [0.5, 0.6) is 0 Å². The van der Waals surface area contributed by atoms with E-state index in [1.807, 2.05) is 12.1 Å². The maximum atomic E-state index is 11.3.